The number of benzene rings is 1. The zero-order chi connectivity index (χ0) is 17.0. The molecule has 0 radical (unpaired) electrons. The lowest BCUT2D eigenvalue weighted by Crippen LogP contribution is -2.47. The maximum Gasteiger partial charge on any atom is 0.315 e. The third-order valence-electron chi connectivity index (χ3n) is 5.38. The first kappa shape index (κ1) is 17.2. The fourth-order valence-electron chi connectivity index (χ4n) is 3.89. The molecular weight excluding hydrogens is 302 g/mol. The maximum absolute atomic E-state index is 12.2. The summed E-state index contributed by atoms with van der Waals surface area (Å²) in [4.78, 5) is 14.7. The molecule has 5 nitrogen and oxygen atoms in total. The number of hydrogen-bond acceptors (Lipinski definition) is 3. The SMILES string of the molecule is CC(O)(CNC(=O)NC1CCN(C2CCCC2)C1)c1ccccc1. The molecule has 1 heterocycles. The Balaban J connectivity index is 1.43. The topological polar surface area (TPSA) is 64.6 Å². The van der Waals surface area contributed by atoms with Crippen LogP contribution >= 0.6 is 0 Å². The molecular formula is C19H29N3O2. The van der Waals surface area contributed by atoms with Crippen molar-refractivity contribution in [3.63, 3.8) is 0 Å². The summed E-state index contributed by atoms with van der Waals surface area (Å²) >= 11 is 0. The van der Waals surface area contributed by atoms with E-state index in [4.69, 9.17) is 0 Å². The van der Waals surface area contributed by atoms with Crippen LogP contribution in [0.15, 0.2) is 30.3 Å². The van der Waals surface area contributed by atoms with Gasteiger partial charge >= 0.3 is 6.03 Å². The number of carbonyl (C=O) groups excluding carboxylic acids is 1. The maximum atomic E-state index is 12.2. The molecule has 0 bridgehead atoms. The second-order valence-corrected chi connectivity index (χ2v) is 7.39. The number of urea groups is 1. The minimum absolute atomic E-state index is 0.190. The van der Waals surface area contributed by atoms with E-state index in [9.17, 15) is 9.90 Å². The Morgan fingerprint density at radius 2 is 1.96 bits per heavy atom. The van der Waals surface area contributed by atoms with Crippen molar-refractivity contribution in [1.29, 1.82) is 0 Å². The molecule has 2 fully saturated rings. The van der Waals surface area contributed by atoms with Crippen LogP contribution in [0.1, 0.15) is 44.6 Å². The monoisotopic (exact) mass is 331 g/mol. The van der Waals surface area contributed by atoms with Gasteiger partial charge in [-0.15, -0.1) is 0 Å². The molecule has 3 rings (SSSR count). The van der Waals surface area contributed by atoms with E-state index in [1.54, 1.807) is 6.92 Å². The van der Waals surface area contributed by atoms with E-state index in [2.05, 4.69) is 15.5 Å². The number of nitrogens with zero attached hydrogens (tertiary/aromatic N) is 1. The van der Waals surface area contributed by atoms with Crippen molar-refractivity contribution in [3.8, 4) is 0 Å². The molecule has 3 N–H and O–H groups in total. The Hall–Kier alpha value is -1.59. The van der Waals surface area contributed by atoms with Gasteiger partial charge in [-0.3, -0.25) is 4.90 Å². The Bertz CT molecular complexity index is 541. The molecule has 0 aromatic heterocycles. The highest BCUT2D eigenvalue weighted by atomic mass is 16.3. The van der Waals surface area contributed by atoms with E-state index in [1.807, 2.05) is 30.3 Å². The van der Waals surface area contributed by atoms with Crippen LogP contribution in [0.2, 0.25) is 0 Å². The van der Waals surface area contributed by atoms with Crippen molar-refractivity contribution >= 4 is 6.03 Å². The normalized spacial score (nSPS) is 24.7. The van der Waals surface area contributed by atoms with E-state index in [1.165, 1.54) is 25.7 Å². The molecule has 0 spiro atoms. The Morgan fingerprint density at radius 3 is 2.67 bits per heavy atom. The summed E-state index contributed by atoms with van der Waals surface area (Å²) in [6.07, 6.45) is 6.30. The Kier molecular flexibility index (Phi) is 5.41. The summed E-state index contributed by atoms with van der Waals surface area (Å²) in [5.41, 5.74) is -0.261. The first-order valence-corrected chi connectivity index (χ1v) is 9.11. The minimum Gasteiger partial charge on any atom is -0.384 e. The van der Waals surface area contributed by atoms with Gasteiger partial charge in [-0.25, -0.2) is 4.79 Å². The van der Waals surface area contributed by atoms with Crippen molar-refractivity contribution in [2.24, 2.45) is 0 Å². The lowest BCUT2D eigenvalue weighted by atomic mass is 9.96. The average molecular weight is 331 g/mol. The minimum atomic E-state index is -1.07. The van der Waals surface area contributed by atoms with Crippen LogP contribution in [0.3, 0.4) is 0 Å². The first-order chi connectivity index (χ1) is 11.5. The van der Waals surface area contributed by atoms with E-state index in [0.29, 0.717) is 0 Å². The quantitative estimate of drug-likeness (QED) is 0.775. The molecule has 1 saturated carbocycles. The summed E-state index contributed by atoms with van der Waals surface area (Å²) in [6.45, 7) is 3.95. The van der Waals surface area contributed by atoms with Gasteiger partial charge in [-0.1, -0.05) is 43.2 Å². The van der Waals surface area contributed by atoms with E-state index in [0.717, 1.165) is 31.1 Å². The van der Waals surface area contributed by atoms with Gasteiger partial charge in [0.05, 0.1) is 6.54 Å². The third-order valence-corrected chi connectivity index (χ3v) is 5.38. The highest BCUT2D eigenvalue weighted by molar-refractivity contribution is 5.74. The third kappa shape index (κ3) is 4.28. The standard InChI is InChI=1S/C19H29N3O2/c1-19(24,15-7-3-2-4-8-15)14-20-18(23)21-16-11-12-22(13-16)17-9-5-6-10-17/h2-4,7-8,16-17,24H,5-6,9-14H2,1H3,(H2,20,21,23). The van der Waals surface area contributed by atoms with Gasteiger partial charge in [0.1, 0.15) is 5.60 Å². The first-order valence-electron chi connectivity index (χ1n) is 9.11. The largest absolute Gasteiger partial charge is 0.384 e. The van der Waals surface area contributed by atoms with Crippen molar-refractivity contribution in [3.05, 3.63) is 35.9 Å². The number of carbonyl (C=O) groups is 1. The summed E-state index contributed by atoms with van der Waals surface area (Å²) < 4.78 is 0. The molecule has 5 heteroatoms. The summed E-state index contributed by atoms with van der Waals surface area (Å²) in [5.74, 6) is 0. The molecule has 2 amide bonds. The van der Waals surface area contributed by atoms with Crippen LogP contribution in [0.25, 0.3) is 0 Å². The highest BCUT2D eigenvalue weighted by Crippen LogP contribution is 2.26. The number of likely N-dealkylation sites (tertiary alicyclic amines) is 1. The molecule has 2 atom stereocenters. The molecule has 1 aromatic carbocycles. The lowest BCUT2D eigenvalue weighted by Gasteiger charge is -2.25. The van der Waals surface area contributed by atoms with Crippen molar-refractivity contribution < 1.29 is 9.90 Å². The van der Waals surface area contributed by atoms with Crippen LogP contribution < -0.4 is 10.6 Å². The zero-order valence-electron chi connectivity index (χ0n) is 14.5. The molecule has 24 heavy (non-hydrogen) atoms. The molecule has 1 saturated heterocycles. The second kappa shape index (κ2) is 7.53. The Morgan fingerprint density at radius 1 is 1.25 bits per heavy atom. The summed E-state index contributed by atoms with van der Waals surface area (Å²) in [7, 11) is 0. The van der Waals surface area contributed by atoms with Gasteiger partial charge in [0.25, 0.3) is 0 Å². The molecule has 2 unspecified atom stereocenters. The van der Waals surface area contributed by atoms with Crippen LogP contribution in [0, 0.1) is 0 Å². The van der Waals surface area contributed by atoms with Crippen molar-refractivity contribution in [2.75, 3.05) is 19.6 Å². The molecule has 132 valence electrons. The van der Waals surface area contributed by atoms with Gasteiger partial charge in [0.15, 0.2) is 0 Å². The highest BCUT2D eigenvalue weighted by Gasteiger charge is 2.31. The fraction of sp³-hybridized carbons (Fsp3) is 0.632. The number of aliphatic hydroxyl groups is 1. The van der Waals surface area contributed by atoms with E-state index < -0.39 is 5.60 Å². The van der Waals surface area contributed by atoms with Gasteiger partial charge in [-0.2, -0.15) is 0 Å². The second-order valence-electron chi connectivity index (χ2n) is 7.39. The van der Waals surface area contributed by atoms with Crippen LogP contribution in [0.4, 0.5) is 4.79 Å². The lowest BCUT2D eigenvalue weighted by molar-refractivity contribution is 0.0592. The number of nitrogens with one attached hydrogen (secondary N) is 2. The number of amides is 2. The predicted molar refractivity (Wildman–Crippen MR) is 94.8 cm³/mol. The summed E-state index contributed by atoms with van der Waals surface area (Å²) in [5, 5.41) is 16.4. The smallest absolute Gasteiger partial charge is 0.315 e. The van der Waals surface area contributed by atoms with Crippen LogP contribution in [0.5, 0.6) is 0 Å². The van der Waals surface area contributed by atoms with E-state index in [-0.39, 0.29) is 18.6 Å². The summed E-state index contributed by atoms with van der Waals surface area (Å²) in [6, 6.07) is 10.2. The van der Waals surface area contributed by atoms with Crippen molar-refractivity contribution in [2.45, 2.75) is 56.7 Å². The molecule has 1 aromatic rings. The van der Waals surface area contributed by atoms with Gasteiger partial charge in [-0.05, 0) is 31.7 Å². The number of rotatable bonds is 5. The number of hydrogen-bond donors (Lipinski definition) is 3. The molecule has 1 aliphatic carbocycles. The predicted octanol–water partition coefficient (Wildman–Crippen LogP) is 2.21. The zero-order valence-corrected chi connectivity index (χ0v) is 14.5. The van der Waals surface area contributed by atoms with E-state index >= 15 is 0 Å². The Labute approximate surface area is 144 Å². The van der Waals surface area contributed by atoms with Gasteiger partial charge in [0.2, 0.25) is 0 Å². The van der Waals surface area contributed by atoms with Gasteiger partial charge < -0.3 is 15.7 Å². The fourth-order valence-corrected chi connectivity index (χ4v) is 3.89. The molecule has 2 aliphatic rings. The average Bonchev–Trinajstić information content (AvgIpc) is 3.25. The molecule has 1 aliphatic heterocycles. The van der Waals surface area contributed by atoms with Crippen LogP contribution in [-0.4, -0.2) is 47.8 Å². The van der Waals surface area contributed by atoms with Crippen molar-refractivity contribution in [1.82, 2.24) is 15.5 Å². The van der Waals surface area contributed by atoms with Crippen LogP contribution in [-0.2, 0) is 5.60 Å². The van der Waals surface area contributed by atoms with Gasteiger partial charge in [0, 0.05) is 25.2 Å².